The van der Waals surface area contributed by atoms with Crippen LogP contribution in [-0.4, -0.2) is 25.3 Å². The molecule has 0 aliphatic carbocycles. The van der Waals surface area contributed by atoms with Gasteiger partial charge in [0, 0.05) is 18.2 Å². The first-order valence-electron chi connectivity index (χ1n) is 7.41. The Bertz CT molecular complexity index is 378. The van der Waals surface area contributed by atoms with Crippen LogP contribution in [0.1, 0.15) is 39.2 Å². The van der Waals surface area contributed by atoms with E-state index in [9.17, 15) is 8.78 Å². The molecule has 0 aliphatic rings. The zero-order valence-corrected chi connectivity index (χ0v) is 12.6. The van der Waals surface area contributed by atoms with Crippen LogP contribution < -0.4 is 5.32 Å². The minimum absolute atomic E-state index is 0.0365. The zero-order valence-electron chi connectivity index (χ0n) is 12.6. The molecule has 1 aromatic rings. The summed E-state index contributed by atoms with van der Waals surface area (Å²) >= 11 is 0. The van der Waals surface area contributed by atoms with Crippen molar-refractivity contribution in [1.82, 2.24) is 5.32 Å². The summed E-state index contributed by atoms with van der Waals surface area (Å²) in [6, 6.07) is 3.92. The van der Waals surface area contributed by atoms with Gasteiger partial charge in [0.15, 0.2) is 0 Å². The molecule has 0 fully saturated rings. The monoisotopic (exact) mass is 285 g/mol. The van der Waals surface area contributed by atoms with Gasteiger partial charge in [0.2, 0.25) is 0 Å². The molecule has 20 heavy (non-hydrogen) atoms. The molecule has 1 aromatic carbocycles. The predicted molar refractivity (Wildman–Crippen MR) is 77.8 cm³/mol. The molecule has 0 aliphatic heterocycles. The van der Waals surface area contributed by atoms with Crippen molar-refractivity contribution >= 4 is 0 Å². The maximum atomic E-state index is 13.8. The molecule has 0 heterocycles. The molecular weight excluding hydrogens is 260 g/mol. The van der Waals surface area contributed by atoms with Gasteiger partial charge in [-0.1, -0.05) is 19.9 Å². The number of ether oxygens (including phenoxy) is 1. The highest BCUT2D eigenvalue weighted by Crippen LogP contribution is 2.17. The Labute approximate surface area is 120 Å². The molecule has 0 amide bonds. The van der Waals surface area contributed by atoms with E-state index in [1.807, 2.05) is 13.8 Å². The number of hydrogen-bond acceptors (Lipinski definition) is 2. The van der Waals surface area contributed by atoms with Crippen molar-refractivity contribution < 1.29 is 13.5 Å². The van der Waals surface area contributed by atoms with Gasteiger partial charge in [0.25, 0.3) is 0 Å². The zero-order chi connectivity index (χ0) is 15.0. The first kappa shape index (κ1) is 17.1. The summed E-state index contributed by atoms with van der Waals surface area (Å²) in [5, 5.41) is 3.35. The fourth-order valence-corrected chi connectivity index (χ4v) is 2.34. The normalized spacial score (nSPS) is 14.2. The van der Waals surface area contributed by atoms with Crippen LogP contribution in [0.25, 0.3) is 0 Å². The molecule has 114 valence electrons. The van der Waals surface area contributed by atoms with Crippen molar-refractivity contribution in [2.75, 3.05) is 13.2 Å². The summed E-state index contributed by atoms with van der Waals surface area (Å²) in [4.78, 5) is 0. The van der Waals surface area contributed by atoms with E-state index < -0.39 is 11.6 Å². The van der Waals surface area contributed by atoms with Crippen LogP contribution in [-0.2, 0) is 11.2 Å². The van der Waals surface area contributed by atoms with Crippen LogP contribution >= 0.6 is 0 Å². The highest BCUT2D eigenvalue weighted by molar-refractivity contribution is 5.21. The summed E-state index contributed by atoms with van der Waals surface area (Å²) < 4.78 is 33.3. The smallest absolute Gasteiger partial charge is 0.129 e. The summed E-state index contributed by atoms with van der Waals surface area (Å²) in [6.07, 6.45) is 2.05. The number of nitrogens with one attached hydrogen (secondary N) is 1. The summed E-state index contributed by atoms with van der Waals surface area (Å²) in [5.74, 6) is -0.973. The Kier molecular flexibility index (Phi) is 7.70. The minimum atomic E-state index is -0.486. The standard InChI is InChI=1S/C16H25F2NO/c1-4-10-19-15(16(5-2)20-6-3)11-12-13(17)8-7-9-14(12)18/h7-9,15-16,19H,4-6,10-11H2,1-3H3. The highest BCUT2D eigenvalue weighted by Gasteiger charge is 2.23. The lowest BCUT2D eigenvalue weighted by atomic mass is 9.98. The molecule has 2 atom stereocenters. The quantitative estimate of drug-likeness (QED) is 0.747. The topological polar surface area (TPSA) is 21.3 Å². The van der Waals surface area contributed by atoms with E-state index in [-0.39, 0.29) is 17.7 Å². The van der Waals surface area contributed by atoms with Crippen LogP contribution in [0.2, 0.25) is 0 Å². The Morgan fingerprint density at radius 1 is 1.15 bits per heavy atom. The average molecular weight is 285 g/mol. The lowest BCUT2D eigenvalue weighted by molar-refractivity contribution is 0.0316. The van der Waals surface area contributed by atoms with E-state index in [0.29, 0.717) is 13.0 Å². The molecule has 1 rings (SSSR count). The van der Waals surface area contributed by atoms with E-state index >= 15 is 0 Å². The van der Waals surface area contributed by atoms with Crippen molar-refractivity contribution in [1.29, 1.82) is 0 Å². The molecule has 0 saturated carbocycles. The Balaban J connectivity index is 2.87. The van der Waals surface area contributed by atoms with Gasteiger partial charge in [0.05, 0.1) is 6.10 Å². The lowest BCUT2D eigenvalue weighted by Gasteiger charge is -2.27. The maximum absolute atomic E-state index is 13.8. The van der Waals surface area contributed by atoms with Crippen molar-refractivity contribution in [3.63, 3.8) is 0 Å². The van der Waals surface area contributed by atoms with Gasteiger partial charge >= 0.3 is 0 Å². The number of halogens is 2. The Morgan fingerprint density at radius 3 is 2.30 bits per heavy atom. The first-order chi connectivity index (χ1) is 9.63. The molecule has 0 spiro atoms. The molecule has 0 radical (unpaired) electrons. The average Bonchev–Trinajstić information content (AvgIpc) is 2.44. The van der Waals surface area contributed by atoms with E-state index in [0.717, 1.165) is 19.4 Å². The number of rotatable bonds is 9. The Hall–Kier alpha value is -1.00. The highest BCUT2D eigenvalue weighted by atomic mass is 19.1. The summed E-state index contributed by atoms with van der Waals surface area (Å²) in [5.41, 5.74) is 0.138. The first-order valence-corrected chi connectivity index (χ1v) is 7.41. The lowest BCUT2D eigenvalue weighted by Crippen LogP contribution is -2.43. The molecule has 0 bridgehead atoms. The fraction of sp³-hybridized carbons (Fsp3) is 0.625. The van der Waals surface area contributed by atoms with Crippen LogP contribution in [0.15, 0.2) is 18.2 Å². The molecule has 1 N–H and O–H groups in total. The van der Waals surface area contributed by atoms with E-state index in [2.05, 4.69) is 12.2 Å². The van der Waals surface area contributed by atoms with Gasteiger partial charge in [-0.15, -0.1) is 0 Å². The predicted octanol–water partition coefficient (Wildman–Crippen LogP) is 3.69. The molecule has 2 unspecified atom stereocenters. The van der Waals surface area contributed by atoms with Crippen molar-refractivity contribution in [3.8, 4) is 0 Å². The van der Waals surface area contributed by atoms with Gasteiger partial charge in [-0.05, 0) is 44.9 Å². The largest absolute Gasteiger partial charge is 0.377 e. The molecule has 0 saturated heterocycles. The fourth-order valence-electron chi connectivity index (χ4n) is 2.34. The second-order valence-electron chi connectivity index (χ2n) is 4.87. The van der Waals surface area contributed by atoms with Gasteiger partial charge in [-0.3, -0.25) is 0 Å². The van der Waals surface area contributed by atoms with E-state index in [1.54, 1.807) is 0 Å². The molecule has 2 nitrogen and oxygen atoms in total. The van der Waals surface area contributed by atoms with Crippen LogP contribution in [0.4, 0.5) is 8.78 Å². The van der Waals surface area contributed by atoms with Gasteiger partial charge < -0.3 is 10.1 Å². The summed E-state index contributed by atoms with van der Waals surface area (Å²) in [6.45, 7) is 7.43. The van der Waals surface area contributed by atoms with E-state index in [4.69, 9.17) is 4.74 Å². The third-order valence-corrected chi connectivity index (χ3v) is 3.37. The SMILES string of the molecule is CCCNC(Cc1c(F)cccc1F)C(CC)OCC. The third-order valence-electron chi connectivity index (χ3n) is 3.37. The third kappa shape index (κ3) is 4.84. The van der Waals surface area contributed by atoms with Crippen molar-refractivity contribution in [2.24, 2.45) is 0 Å². The van der Waals surface area contributed by atoms with Gasteiger partial charge in [-0.25, -0.2) is 8.78 Å². The van der Waals surface area contributed by atoms with Crippen LogP contribution in [0.3, 0.4) is 0 Å². The maximum Gasteiger partial charge on any atom is 0.129 e. The minimum Gasteiger partial charge on any atom is -0.377 e. The number of hydrogen-bond donors (Lipinski definition) is 1. The molecule has 0 aromatic heterocycles. The molecular formula is C16H25F2NO. The molecule has 4 heteroatoms. The van der Waals surface area contributed by atoms with Crippen molar-refractivity contribution in [2.45, 2.75) is 52.2 Å². The van der Waals surface area contributed by atoms with Gasteiger partial charge in [0.1, 0.15) is 11.6 Å². The number of benzene rings is 1. The van der Waals surface area contributed by atoms with Gasteiger partial charge in [-0.2, -0.15) is 0 Å². The van der Waals surface area contributed by atoms with E-state index in [1.165, 1.54) is 18.2 Å². The second-order valence-corrected chi connectivity index (χ2v) is 4.87. The van der Waals surface area contributed by atoms with Crippen LogP contribution in [0.5, 0.6) is 0 Å². The second kappa shape index (κ2) is 9.03. The van der Waals surface area contributed by atoms with Crippen LogP contribution in [0, 0.1) is 11.6 Å². The van der Waals surface area contributed by atoms with Crippen molar-refractivity contribution in [3.05, 3.63) is 35.4 Å². The Morgan fingerprint density at radius 2 is 1.80 bits per heavy atom. The summed E-state index contributed by atoms with van der Waals surface area (Å²) in [7, 11) is 0.